The summed E-state index contributed by atoms with van der Waals surface area (Å²) in [5, 5.41) is 1.20. The van der Waals surface area contributed by atoms with Crippen molar-refractivity contribution in [1.29, 1.82) is 0 Å². The van der Waals surface area contributed by atoms with Gasteiger partial charge < -0.3 is 15.6 Å². The van der Waals surface area contributed by atoms with Crippen molar-refractivity contribution >= 4 is 28.1 Å². The number of hydrogen-bond acceptors (Lipinski definition) is 2. The van der Waals surface area contributed by atoms with Gasteiger partial charge in [-0.15, -0.1) is 0 Å². The zero-order valence-corrected chi connectivity index (χ0v) is 15.2. The van der Waals surface area contributed by atoms with E-state index in [1.54, 1.807) is 6.92 Å². The third kappa shape index (κ3) is 2.77. The standard InChI is InChI=1S/C22H23N3O/c1-14-17(5-3-7-20(14)23)18-6-4-8-21-19(18)13-22(24-21)16-9-11-25(12-10-16)15(2)26/h3-9,13,24H,10-12,23H2,1-2H3. The molecule has 0 bridgehead atoms. The van der Waals surface area contributed by atoms with Crippen LogP contribution in [0.3, 0.4) is 0 Å². The number of amides is 1. The van der Waals surface area contributed by atoms with E-state index in [1.165, 1.54) is 22.1 Å². The summed E-state index contributed by atoms with van der Waals surface area (Å²) in [4.78, 5) is 16.9. The molecule has 0 fully saturated rings. The van der Waals surface area contributed by atoms with E-state index in [0.717, 1.165) is 35.4 Å². The minimum absolute atomic E-state index is 0.136. The summed E-state index contributed by atoms with van der Waals surface area (Å²) in [7, 11) is 0. The van der Waals surface area contributed by atoms with E-state index in [0.29, 0.717) is 6.54 Å². The van der Waals surface area contributed by atoms with Crippen LogP contribution in [0.2, 0.25) is 0 Å². The number of nitrogens with zero attached hydrogens (tertiary/aromatic N) is 1. The van der Waals surface area contributed by atoms with E-state index in [2.05, 4.69) is 48.3 Å². The van der Waals surface area contributed by atoms with Crippen molar-refractivity contribution < 1.29 is 4.79 Å². The molecule has 132 valence electrons. The summed E-state index contributed by atoms with van der Waals surface area (Å²) in [6, 6.07) is 14.6. The van der Waals surface area contributed by atoms with Gasteiger partial charge in [-0.05, 0) is 53.8 Å². The van der Waals surface area contributed by atoms with Crippen molar-refractivity contribution in [3.63, 3.8) is 0 Å². The zero-order valence-electron chi connectivity index (χ0n) is 15.2. The molecule has 0 unspecified atom stereocenters. The van der Waals surface area contributed by atoms with Crippen molar-refractivity contribution in [3.05, 3.63) is 59.8 Å². The third-order valence-electron chi connectivity index (χ3n) is 5.33. The topological polar surface area (TPSA) is 62.1 Å². The number of fused-ring (bicyclic) bond motifs is 1. The van der Waals surface area contributed by atoms with Crippen LogP contribution in [0.1, 0.15) is 24.6 Å². The van der Waals surface area contributed by atoms with Crippen molar-refractivity contribution in [2.24, 2.45) is 0 Å². The molecular weight excluding hydrogens is 322 g/mol. The van der Waals surface area contributed by atoms with Crippen LogP contribution in [-0.2, 0) is 4.79 Å². The lowest BCUT2D eigenvalue weighted by molar-refractivity contribution is -0.128. The van der Waals surface area contributed by atoms with Gasteiger partial charge in [-0.1, -0.05) is 30.3 Å². The fourth-order valence-corrected chi connectivity index (χ4v) is 3.71. The van der Waals surface area contributed by atoms with Crippen LogP contribution in [0.15, 0.2) is 48.5 Å². The third-order valence-corrected chi connectivity index (χ3v) is 5.33. The van der Waals surface area contributed by atoms with E-state index in [9.17, 15) is 4.79 Å². The van der Waals surface area contributed by atoms with Gasteiger partial charge in [0.05, 0.1) is 0 Å². The Hall–Kier alpha value is -3.01. The molecule has 1 amide bonds. The summed E-state index contributed by atoms with van der Waals surface area (Å²) < 4.78 is 0. The maximum Gasteiger partial charge on any atom is 0.219 e. The molecule has 0 spiro atoms. The molecule has 0 saturated heterocycles. The summed E-state index contributed by atoms with van der Waals surface area (Å²) in [6.45, 7) is 5.15. The number of nitrogens with two attached hydrogens (primary N) is 1. The van der Waals surface area contributed by atoms with Gasteiger partial charge in [0.15, 0.2) is 0 Å². The summed E-state index contributed by atoms with van der Waals surface area (Å²) in [5.74, 6) is 0.136. The van der Waals surface area contributed by atoms with Crippen molar-refractivity contribution in [1.82, 2.24) is 9.88 Å². The van der Waals surface area contributed by atoms with Crippen LogP contribution in [0.5, 0.6) is 0 Å². The van der Waals surface area contributed by atoms with Crippen LogP contribution in [0.4, 0.5) is 5.69 Å². The number of carbonyl (C=O) groups excluding carboxylic acids is 1. The number of benzene rings is 2. The van der Waals surface area contributed by atoms with Gasteiger partial charge in [0.2, 0.25) is 5.91 Å². The maximum absolute atomic E-state index is 11.5. The molecule has 0 atom stereocenters. The van der Waals surface area contributed by atoms with Gasteiger partial charge in [-0.2, -0.15) is 0 Å². The van der Waals surface area contributed by atoms with E-state index in [1.807, 2.05) is 17.0 Å². The molecule has 3 N–H and O–H groups in total. The highest BCUT2D eigenvalue weighted by Crippen LogP contribution is 2.35. The zero-order chi connectivity index (χ0) is 18.3. The second-order valence-electron chi connectivity index (χ2n) is 6.91. The Morgan fingerprint density at radius 3 is 2.65 bits per heavy atom. The Morgan fingerprint density at radius 1 is 1.15 bits per heavy atom. The first-order valence-corrected chi connectivity index (χ1v) is 8.96. The number of aromatic amines is 1. The molecule has 1 aliphatic heterocycles. The van der Waals surface area contributed by atoms with Gasteiger partial charge >= 0.3 is 0 Å². The quantitative estimate of drug-likeness (QED) is 0.678. The SMILES string of the molecule is CC(=O)N1CC=C(c2cc3c(-c4cccc(N)c4C)cccc3[nH]2)CC1. The monoisotopic (exact) mass is 345 g/mol. The first-order chi connectivity index (χ1) is 12.5. The molecule has 26 heavy (non-hydrogen) atoms. The highest BCUT2D eigenvalue weighted by Gasteiger charge is 2.17. The van der Waals surface area contributed by atoms with Gasteiger partial charge in [0.25, 0.3) is 0 Å². The van der Waals surface area contributed by atoms with Gasteiger partial charge in [0.1, 0.15) is 0 Å². The first kappa shape index (κ1) is 16.5. The molecule has 4 heteroatoms. The van der Waals surface area contributed by atoms with E-state index < -0.39 is 0 Å². The number of anilines is 1. The van der Waals surface area contributed by atoms with Gasteiger partial charge in [-0.25, -0.2) is 0 Å². The fraction of sp³-hybridized carbons (Fsp3) is 0.227. The number of nitrogen functional groups attached to an aromatic ring is 1. The Kier molecular flexibility index (Phi) is 4.03. The smallest absolute Gasteiger partial charge is 0.219 e. The minimum atomic E-state index is 0.136. The largest absolute Gasteiger partial charge is 0.398 e. The van der Waals surface area contributed by atoms with Gasteiger partial charge in [0, 0.05) is 42.3 Å². The molecule has 0 radical (unpaired) electrons. The molecule has 2 aromatic carbocycles. The molecule has 4 nitrogen and oxygen atoms in total. The van der Waals surface area contributed by atoms with Crippen molar-refractivity contribution in [3.8, 4) is 11.1 Å². The highest BCUT2D eigenvalue weighted by atomic mass is 16.2. The van der Waals surface area contributed by atoms with Crippen LogP contribution in [-0.4, -0.2) is 28.9 Å². The highest BCUT2D eigenvalue weighted by molar-refractivity contribution is 5.98. The molecule has 3 aromatic rings. The summed E-state index contributed by atoms with van der Waals surface area (Å²) in [6.07, 6.45) is 3.03. The summed E-state index contributed by atoms with van der Waals surface area (Å²) in [5.41, 5.74) is 13.9. The van der Waals surface area contributed by atoms with E-state index >= 15 is 0 Å². The Bertz CT molecular complexity index is 1030. The average Bonchev–Trinajstić information content (AvgIpc) is 3.08. The molecule has 4 rings (SSSR count). The van der Waals surface area contributed by atoms with Crippen LogP contribution in [0, 0.1) is 6.92 Å². The van der Waals surface area contributed by atoms with Gasteiger partial charge in [-0.3, -0.25) is 4.79 Å². The molecule has 1 aromatic heterocycles. The number of rotatable bonds is 2. The Balaban J connectivity index is 1.77. The minimum Gasteiger partial charge on any atom is -0.398 e. The number of H-pyrrole nitrogens is 1. The first-order valence-electron chi connectivity index (χ1n) is 8.96. The fourth-order valence-electron chi connectivity index (χ4n) is 3.71. The Morgan fingerprint density at radius 2 is 1.92 bits per heavy atom. The molecular formula is C22H23N3O. The van der Waals surface area contributed by atoms with Crippen LogP contribution < -0.4 is 5.73 Å². The molecule has 2 heterocycles. The van der Waals surface area contributed by atoms with Crippen LogP contribution in [0.25, 0.3) is 27.6 Å². The number of aromatic nitrogens is 1. The maximum atomic E-state index is 11.5. The molecule has 0 saturated carbocycles. The normalized spacial score (nSPS) is 14.5. The molecule has 0 aliphatic carbocycles. The predicted octanol–water partition coefficient (Wildman–Crippen LogP) is 4.36. The average molecular weight is 345 g/mol. The number of nitrogens with one attached hydrogen (secondary N) is 1. The lowest BCUT2D eigenvalue weighted by atomic mass is 9.96. The van der Waals surface area contributed by atoms with Crippen LogP contribution >= 0.6 is 0 Å². The van der Waals surface area contributed by atoms with E-state index in [-0.39, 0.29) is 5.91 Å². The van der Waals surface area contributed by atoms with E-state index in [4.69, 9.17) is 5.73 Å². The summed E-state index contributed by atoms with van der Waals surface area (Å²) >= 11 is 0. The second kappa shape index (κ2) is 6.37. The lowest BCUT2D eigenvalue weighted by Gasteiger charge is -2.24. The lowest BCUT2D eigenvalue weighted by Crippen LogP contribution is -2.32. The van der Waals surface area contributed by atoms with Crippen molar-refractivity contribution in [2.75, 3.05) is 18.8 Å². The van der Waals surface area contributed by atoms with Crippen molar-refractivity contribution in [2.45, 2.75) is 20.3 Å². The molecule has 1 aliphatic rings. The number of hydrogen-bond donors (Lipinski definition) is 2. The number of carbonyl (C=O) groups is 1. The second-order valence-corrected chi connectivity index (χ2v) is 6.91. The predicted molar refractivity (Wildman–Crippen MR) is 108 cm³/mol. The Labute approximate surface area is 153 Å².